The Hall–Kier alpha value is -1.40. The average Bonchev–Trinajstić information content (AvgIpc) is 2.46. The van der Waals surface area contributed by atoms with E-state index in [1.165, 1.54) is 13.0 Å². The van der Waals surface area contributed by atoms with Crippen molar-refractivity contribution in [2.24, 2.45) is 0 Å². The second-order valence-electron chi connectivity index (χ2n) is 6.01. The van der Waals surface area contributed by atoms with E-state index in [-0.39, 0.29) is 5.91 Å². The number of hydrogen-bond acceptors (Lipinski definition) is 3. The summed E-state index contributed by atoms with van der Waals surface area (Å²) in [5.41, 5.74) is -0.283. The fraction of sp³-hybridized carbons (Fsp3) is 0.500. The summed E-state index contributed by atoms with van der Waals surface area (Å²) in [5.74, 6) is -0.706. The van der Waals surface area contributed by atoms with Gasteiger partial charge in [-0.15, -0.1) is 0 Å². The fourth-order valence-electron chi connectivity index (χ4n) is 1.97. The van der Waals surface area contributed by atoms with Crippen LogP contribution in [0.1, 0.15) is 34.6 Å². The Morgan fingerprint density at radius 3 is 2.20 bits per heavy atom. The van der Waals surface area contributed by atoms with Crippen LogP contribution in [-0.4, -0.2) is 24.2 Å². The van der Waals surface area contributed by atoms with Crippen molar-refractivity contribution in [2.75, 3.05) is 5.32 Å². The van der Waals surface area contributed by atoms with Crippen LogP contribution in [0.2, 0.25) is 0 Å². The summed E-state index contributed by atoms with van der Waals surface area (Å²) in [6.07, 6.45) is 0. The van der Waals surface area contributed by atoms with Gasteiger partial charge in [-0.1, -0.05) is 6.07 Å². The van der Waals surface area contributed by atoms with Crippen molar-refractivity contribution in [3.63, 3.8) is 0 Å². The molecule has 0 spiro atoms. The molecule has 0 bridgehead atoms. The molecule has 2 rings (SSSR count). The van der Waals surface area contributed by atoms with Gasteiger partial charge in [0.15, 0.2) is 0 Å². The second kappa shape index (κ2) is 4.86. The Balaban J connectivity index is 2.25. The summed E-state index contributed by atoms with van der Waals surface area (Å²) in [7, 11) is -0.744. The summed E-state index contributed by atoms with van der Waals surface area (Å²) in [6.45, 7) is 9.03. The van der Waals surface area contributed by atoms with Crippen molar-refractivity contribution in [3.8, 4) is 0 Å². The van der Waals surface area contributed by atoms with Crippen LogP contribution in [-0.2, 0) is 14.1 Å². The van der Waals surface area contributed by atoms with E-state index in [9.17, 15) is 9.18 Å². The zero-order valence-electron chi connectivity index (χ0n) is 12.4. The number of carbonyl (C=O) groups is 1. The van der Waals surface area contributed by atoms with Crippen LogP contribution in [0.15, 0.2) is 18.2 Å². The molecule has 0 unspecified atom stereocenters. The Morgan fingerprint density at radius 1 is 1.20 bits per heavy atom. The Bertz CT molecular complexity index is 529. The summed E-state index contributed by atoms with van der Waals surface area (Å²) in [4.78, 5) is 11.0. The number of carbonyl (C=O) groups excluding carboxylic acids is 1. The van der Waals surface area contributed by atoms with Gasteiger partial charge in [-0.3, -0.25) is 4.79 Å². The van der Waals surface area contributed by atoms with Gasteiger partial charge in [0, 0.05) is 18.1 Å². The highest BCUT2D eigenvalue weighted by Crippen LogP contribution is 2.36. The van der Waals surface area contributed by atoms with Gasteiger partial charge in [-0.2, -0.15) is 0 Å². The molecule has 0 saturated carbocycles. The van der Waals surface area contributed by atoms with Gasteiger partial charge in [0.2, 0.25) is 5.91 Å². The Labute approximate surface area is 118 Å². The minimum absolute atomic E-state index is 0.243. The summed E-state index contributed by atoms with van der Waals surface area (Å²) in [6, 6.07) is 4.47. The van der Waals surface area contributed by atoms with Crippen LogP contribution in [0.3, 0.4) is 0 Å². The smallest absolute Gasteiger partial charge is 0.399 e. The minimum Gasteiger partial charge on any atom is -0.399 e. The Morgan fingerprint density at radius 2 is 1.75 bits per heavy atom. The summed E-state index contributed by atoms with van der Waals surface area (Å²) >= 11 is 0. The highest BCUT2D eigenvalue weighted by Gasteiger charge is 2.52. The molecule has 6 heteroatoms. The third kappa shape index (κ3) is 2.71. The summed E-state index contributed by atoms with van der Waals surface area (Å²) in [5, 5.41) is 2.54. The molecule has 0 aromatic heterocycles. The van der Waals surface area contributed by atoms with Crippen molar-refractivity contribution in [3.05, 3.63) is 24.0 Å². The third-order valence-electron chi connectivity index (χ3n) is 3.83. The van der Waals surface area contributed by atoms with Crippen molar-refractivity contribution < 1.29 is 18.5 Å². The third-order valence-corrected chi connectivity index (χ3v) is 3.83. The molecule has 1 aliphatic heterocycles. The second-order valence-corrected chi connectivity index (χ2v) is 6.01. The van der Waals surface area contributed by atoms with E-state index in [4.69, 9.17) is 9.31 Å². The number of hydrogen-bond donors (Lipinski definition) is 1. The van der Waals surface area contributed by atoms with E-state index in [0.29, 0.717) is 11.2 Å². The quantitative estimate of drug-likeness (QED) is 0.843. The number of halogens is 1. The number of anilines is 1. The van der Waals surface area contributed by atoms with Crippen LogP contribution < -0.4 is 10.8 Å². The standard InChI is InChI=1S/C14H19BFNO3/c1-9(18)17-10-6-7-11(12(16)8-10)15-19-13(2,3)14(4,5)20-15/h6-8H,1-5H3,(H,17,18). The fourth-order valence-corrected chi connectivity index (χ4v) is 1.97. The zero-order valence-corrected chi connectivity index (χ0v) is 12.4. The lowest BCUT2D eigenvalue weighted by Gasteiger charge is -2.32. The van der Waals surface area contributed by atoms with Gasteiger partial charge in [0.05, 0.1) is 11.2 Å². The molecular formula is C14H19BFNO3. The number of nitrogens with one attached hydrogen (secondary N) is 1. The van der Waals surface area contributed by atoms with Crippen LogP contribution in [0.4, 0.5) is 10.1 Å². The molecule has 0 atom stereocenters. The van der Waals surface area contributed by atoms with Gasteiger partial charge < -0.3 is 14.6 Å². The molecule has 1 aromatic rings. The van der Waals surface area contributed by atoms with E-state index in [1.807, 2.05) is 27.7 Å². The summed E-state index contributed by atoms with van der Waals surface area (Å²) < 4.78 is 25.7. The normalized spacial score (nSPS) is 20.0. The predicted octanol–water partition coefficient (Wildman–Crippen LogP) is 2.08. The van der Waals surface area contributed by atoms with E-state index in [0.717, 1.165) is 0 Å². The van der Waals surface area contributed by atoms with Crippen LogP contribution in [0.25, 0.3) is 0 Å². The van der Waals surface area contributed by atoms with Gasteiger partial charge in [-0.05, 0) is 39.8 Å². The molecule has 1 aromatic carbocycles. The lowest BCUT2D eigenvalue weighted by molar-refractivity contribution is -0.114. The Kier molecular flexibility index (Phi) is 3.65. The van der Waals surface area contributed by atoms with E-state index >= 15 is 0 Å². The first-order chi connectivity index (χ1) is 9.12. The molecule has 1 saturated heterocycles. The monoisotopic (exact) mass is 279 g/mol. The average molecular weight is 279 g/mol. The lowest BCUT2D eigenvalue weighted by Crippen LogP contribution is -2.41. The van der Waals surface area contributed by atoms with E-state index < -0.39 is 24.1 Å². The molecule has 1 N–H and O–H groups in total. The van der Waals surface area contributed by atoms with Crippen molar-refractivity contribution in [1.82, 2.24) is 0 Å². The maximum Gasteiger partial charge on any atom is 0.497 e. The molecule has 20 heavy (non-hydrogen) atoms. The van der Waals surface area contributed by atoms with Gasteiger partial charge in [0.1, 0.15) is 5.82 Å². The largest absolute Gasteiger partial charge is 0.497 e. The lowest BCUT2D eigenvalue weighted by atomic mass is 9.78. The zero-order chi connectivity index (χ0) is 15.1. The number of rotatable bonds is 2. The molecule has 0 radical (unpaired) electrons. The van der Waals surface area contributed by atoms with Gasteiger partial charge >= 0.3 is 7.12 Å². The van der Waals surface area contributed by atoms with Crippen LogP contribution >= 0.6 is 0 Å². The molecular weight excluding hydrogens is 260 g/mol. The first-order valence-corrected chi connectivity index (χ1v) is 6.55. The molecule has 0 aliphatic carbocycles. The predicted molar refractivity (Wildman–Crippen MR) is 76.4 cm³/mol. The maximum atomic E-state index is 14.1. The highest BCUT2D eigenvalue weighted by molar-refractivity contribution is 6.62. The molecule has 1 aliphatic rings. The molecule has 108 valence electrons. The van der Waals surface area contributed by atoms with Crippen molar-refractivity contribution in [1.29, 1.82) is 0 Å². The van der Waals surface area contributed by atoms with E-state index in [2.05, 4.69) is 5.32 Å². The van der Waals surface area contributed by atoms with Gasteiger partial charge in [-0.25, -0.2) is 4.39 Å². The first kappa shape index (κ1) is 15.0. The maximum absolute atomic E-state index is 14.1. The molecule has 4 nitrogen and oxygen atoms in total. The number of benzene rings is 1. The van der Waals surface area contributed by atoms with Crippen molar-refractivity contribution in [2.45, 2.75) is 45.8 Å². The van der Waals surface area contributed by atoms with Crippen molar-refractivity contribution >= 4 is 24.2 Å². The minimum atomic E-state index is -0.744. The molecule has 1 amide bonds. The molecule has 1 fully saturated rings. The highest BCUT2D eigenvalue weighted by atomic mass is 19.1. The SMILES string of the molecule is CC(=O)Nc1ccc(B2OC(C)(C)C(C)(C)O2)c(F)c1. The first-order valence-electron chi connectivity index (χ1n) is 6.55. The van der Waals surface area contributed by atoms with E-state index in [1.54, 1.807) is 12.1 Å². The van der Waals surface area contributed by atoms with Gasteiger partial charge in [0.25, 0.3) is 0 Å². The molecule has 1 heterocycles. The topological polar surface area (TPSA) is 47.6 Å². The van der Waals surface area contributed by atoms with Crippen LogP contribution in [0, 0.1) is 5.82 Å². The number of amides is 1. The van der Waals surface area contributed by atoms with Crippen LogP contribution in [0.5, 0.6) is 0 Å².